The van der Waals surface area contributed by atoms with Crippen molar-refractivity contribution in [3.05, 3.63) is 11.3 Å². The zero-order valence-corrected chi connectivity index (χ0v) is 9.74. The van der Waals surface area contributed by atoms with E-state index < -0.39 is 5.97 Å². The summed E-state index contributed by atoms with van der Waals surface area (Å²) in [5.74, 6) is -0.913. The summed E-state index contributed by atoms with van der Waals surface area (Å²) < 4.78 is 9.98. The second kappa shape index (κ2) is 7.25. The standard InChI is InChI=1S/C10H19NO4/c1-5-9(8(2)10(12)13)11(6-14-3)7-15-4/h5-7H2,1-4H3,(H,12,13)/b9-8+. The van der Waals surface area contributed by atoms with E-state index in [4.69, 9.17) is 14.6 Å². The monoisotopic (exact) mass is 217 g/mol. The SMILES string of the molecule is CC/C(=C(/C)C(=O)O)N(COC)COC. The van der Waals surface area contributed by atoms with E-state index in [2.05, 4.69) is 0 Å². The number of methoxy groups -OCH3 is 2. The average Bonchev–Trinajstić information content (AvgIpc) is 2.19. The number of aliphatic carboxylic acids is 1. The maximum atomic E-state index is 10.8. The van der Waals surface area contributed by atoms with E-state index in [-0.39, 0.29) is 0 Å². The van der Waals surface area contributed by atoms with Gasteiger partial charge in [-0.3, -0.25) is 0 Å². The molecule has 0 aromatic heterocycles. The molecule has 0 fully saturated rings. The number of nitrogens with zero attached hydrogens (tertiary/aromatic N) is 1. The summed E-state index contributed by atoms with van der Waals surface area (Å²) in [6.07, 6.45) is 0.630. The number of rotatable bonds is 7. The van der Waals surface area contributed by atoms with Crippen molar-refractivity contribution in [2.45, 2.75) is 20.3 Å². The Morgan fingerprint density at radius 2 is 1.73 bits per heavy atom. The molecule has 0 saturated carbocycles. The molecule has 0 saturated heterocycles. The number of carboxylic acid groups (broad SMARTS) is 1. The molecule has 0 amide bonds. The second-order valence-corrected chi connectivity index (χ2v) is 3.11. The molecule has 0 aliphatic rings. The van der Waals surface area contributed by atoms with E-state index in [1.165, 1.54) is 0 Å². The number of ether oxygens (including phenoxy) is 2. The first-order chi connectivity index (χ1) is 7.08. The van der Waals surface area contributed by atoms with Crippen LogP contribution in [-0.4, -0.2) is 43.7 Å². The predicted molar refractivity (Wildman–Crippen MR) is 56.2 cm³/mol. The first kappa shape index (κ1) is 13.9. The molecule has 0 aromatic carbocycles. The van der Waals surface area contributed by atoms with Crippen LogP contribution in [0.25, 0.3) is 0 Å². The molecule has 15 heavy (non-hydrogen) atoms. The molecular weight excluding hydrogens is 198 g/mol. The van der Waals surface area contributed by atoms with Crippen molar-refractivity contribution in [2.75, 3.05) is 27.7 Å². The van der Waals surface area contributed by atoms with Gasteiger partial charge >= 0.3 is 5.97 Å². The molecule has 1 N–H and O–H groups in total. The smallest absolute Gasteiger partial charge is 0.333 e. The van der Waals surface area contributed by atoms with Crippen LogP contribution in [0.5, 0.6) is 0 Å². The minimum Gasteiger partial charge on any atom is -0.478 e. The molecule has 0 aliphatic carbocycles. The Morgan fingerprint density at radius 3 is 2.00 bits per heavy atom. The molecule has 0 bridgehead atoms. The zero-order chi connectivity index (χ0) is 11.8. The van der Waals surface area contributed by atoms with Gasteiger partial charge < -0.3 is 19.5 Å². The second-order valence-electron chi connectivity index (χ2n) is 3.11. The highest BCUT2D eigenvalue weighted by molar-refractivity contribution is 5.86. The summed E-state index contributed by atoms with van der Waals surface area (Å²) in [5.41, 5.74) is 1.05. The Kier molecular flexibility index (Phi) is 6.73. The summed E-state index contributed by atoms with van der Waals surface area (Å²) in [5, 5.41) is 8.90. The Hall–Kier alpha value is -1.07. The zero-order valence-electron chi connectivity index (χ0n) is 9.74. The highest BCUT2D eigenvalue weighted by Crippen LogP contribution is 2.14. The van der Waals surface area contributed by atoms with Crippen molar-refractivity contribution in [1.82, 2.24) is 4.90 Å². The van der Waals surface area contributed by atoms with Crippen LogP contribution in [-0.2, 0) is 14.3 Å². The summed E-state index contributed by atoms with van der Waals surface area (Å²) in [6.45, 7) is 4.13. The Balaban J connectivity index is 4.86. The fourth-order valence-electron chi connectivity index (χ4n) is 1.35. The lowest BCUT2D eigenvalue weighted by Crippen LogP contribution is -2.29. The van der Waals surface area contributed by atoms with E-state index in [0.717, 1.165) is 5.70 Å². The summed E-state index contributed by atoms with van der Waals surface area (Å²) in [4.78, 5) is 12.6. The first-order valence-electron chi connectivity index (χ1n) is 4.74. The molecule has 0 atom stereocenters. The molecule has 0 spiro atoms. The Morgan fingerprint density at radius 1 is 1.27 bits per heavy atom. The predicted octanol–water partition coefficient (Wildman–Crippen LogP) is 1.26. The van der Waals surface area contributed by atoms with Gasteiger partial charge in [-0.05, 0) is 13.3 Å². The molecule has 0 radical (unpaired) electrons. The van der Waals surface area contributed by atoms with Crippen LogP contribution in [0.2, 0.25) is 0 Å². The van der Waals surface area contributed by atoms with Gasteiger partial charge in [-0.25, -0.2) is 4.79 Å². The van der Waals surface area contributed by atoms with Crippen molar-refractivity contribution in [2.24, 2.45) is 0 Å². The van der Waals surface area contributed by atoms with E-state index in [0.29, 0.717) is 25.5 Å². The number of carboxylic acids is 1. The maximum absolute atomic E-state index is 10.8. The Bertz CT molecular complexity index is 232. The van der Waals surface area contributed by atoms with Crippen molar-refractivity contribution >= 4 is 5.97 Å². The number of carbonyl (C=O) groups is 1. The third kappa shape index (κ3) is 4.31. The fourth-order valence-corrected chi connectivity index (χ4v) is 1.35. The summed E-state index contributed by atoms with van der Waals surface area (Å²) in [6, 6.07) is 0. The highest BCUT2D eigenvalue weighted by Gasteiger charge is 2.14. The third-order valence-corrected chi connectivity index (χ3v) is 2.04. The van der Waals surface area contributed by atoms with Crippen molar-refractivity contribution in [3.8, 4) is 0 Å². The largest absolute Gasteiger partial charge is 0.478 e. The van der Waals surface area contributed by atoms with Gasteiger partial charge in [0.1, 0.15) is 13.5 Å². The fraction of sp³-hybridized carbons (Fsp3) is 0.700. The van der Waals surface area contributed by atoms with Crippen molar-refractivity contribution < 1.29 is 19.4 Å². The van der Waals surface area contributed by atoms with Crippen LogP contribution in [0.15, 0.2) is 11.3 Å². The summed E-state index contributed by atoms with van der Waals surface area (Å²) >= 11 is 0. The van der Waals surface area contributed by atoms with Crippen molar-refractivity contribution in [1.29, 1.82) is 0 Å². The van der Waals surface area contributed by atoms with Gasteiger partial charge in [-0.2, -0.15) is 0 Å². The van der Waals surface area contributed by atoms with Gasteiger partial charge in [0.15, 0.2) is 0 Å². The van der Waals surface area contributed by atoms with Gasteiger partial charge in [-0.1, -0.05) is 6.92 Å². The highest BCUT2D eigenvalue weighted by atomic mass is 16.5. The molecular formula is C10H19NO4. The van der Waals surface area contributed by atoms with E-state index in [1.807, 2.05) is 6.92 Å². The molecule has 0 aliphatic heterocycles. The molecule has 0 rings (SSSR count). The maximum Gasteiger partial charge on any atom is 0.333 e. The van der Waals surface area contributed by atoms with Crippen LogP contribution in [0, 0.1) is 0 Å². The molecule has 0 unspecified atom stereocenters. The number of hydrogen-bond donors (Lipinski definition) is 1. The van der Waals surface area contributed by atoms with Gasteiger partial charge in [0, 0.05) is 19.9 Å². The van der Waals surface area contributed by atoms with Crippen molar-refractivity contribution in [3.63, 3.8) is 0 Å². The minimum atomic E-state index is -0.913. The molecule has 5 heteroatoms. The third-order valence-electron chi connectivity index (χ3n) is 2.04. The van der Waals surface area contributed by atoms with E-state index in [1.54, 1.807) is 26.0 Å². The average molecular weight is 217 g/mol. The topological polar surface area (TPSA) is 59.0 Å². The first-order valence-corrected chi connectivity index (χ1v) is 4.74. The van der Waals surface area contributed by atoms with Gasteiger partial charge in [0.05, 0.1) is 5.57 Å². The lowest BCUT2D eigenvalue weighted by molar-refractivity contribution is -0.132. The van der Waals surface area contributed by atoms with Crippen LogP contribution in [0.1, 0.15) is 20.3 Å². The number of hydrogen-bond acceptors (Lipinski definition) is 4. The minimum absolute atomic E-state index is 0.321. The molecule has 5 nitrogen and oxygen atoms in total. The van der Waals surface area contributed by atoms with E-state index >= 15 is 0 Å². The van der Waals surface area contributed by atoms with Crippen LogP contribution in [0.3, 0.4) is 0 Å². The van der Waals surface area contributed by atoms with E-state index in [9.17, 15) is 4.79 Å². The number of allylic oxidation sites excluding steroid dienone is 1. The Labute approximate surface area is 90.3 Å². The molecule has 0 heterocycles. The molecule has 0 aromatic rings. The molecule has 88 valence electrons. The lowest BCUT2D eigenvalue weighted by Gasteiger charge is -2.26. The van der Waals surface area contributed by atoms with Crippen LogP contribution in [0.4, 0.5) is 0 Å². The quantitative estimate of drug-likeness (QED) is 0.514. The normalized spacial score (nSPS) is 12.3. The van der Waals surface area contributed by atoms with Crippen LogP contribution >= 0.6 is 0 Å². The van der Waals surface area contributed by atoms with Gasteiger partial charge in [0.25, 0.3) is 0 Å². The van der Waals surface area contributed by atoms with Gasteiger partial charge in [0.2, 0.25) is 0 Å². The summed E-state index contributed by atoms with van der Waals surface area (Å²) in [7, 11) is 3.12. The lowest BCUT2D eigenvalue weighted by atomic mass is 10.2. The van der Waals surface area contributed by atoms with Crippen LogP contribution < -0.4 is 0 Å². The van der Waals surface area contributed by atoms with Gasteiger partial charge in [-0.15, -0.1) is 0 Å².